The quantitative estimate of drug-likeness (QED) is 0.728. The number of aryl methyl sites for hydroxylation is 1. The third-order valence-electron chi connectivity index (χ3n) is 3.74. The second kappa shape index (κ2) is 7.05. The molecule has 1 N–H and O–H groups in total. The first-order chi connectivity index (χ1) is 11.6. The SMILES string of the molecule is Cc1nc(CNC(=O)C(C)Oc2ccccc2Br)c2ccccn12. The van der Waals surface area contributed by atoms with Crippen LogP contribution in [0.5, 0.6) is 5.75 Å². The smallest absolute Gasteiger partial charge is 0.261 e. The summed E-state index contributed by atoms with van der Waals surface area (Å²) in [5.41, 5.74) is 1.84. The van der Waals surface area contributed by atoms with E-state index in [9.17, 15) is 4.79 Å². The maximum absolute atomic E-state index is 12.3. The maximum Gasteiger partial charge on any atom is 0.261 e. The number of para-hydroxylation sites is 1. The average molecular weight is 388 g/mol. The van der Waals surface area contributed by atoms with Crippen molar-refractivity contribution >= 4 is 27.4 Å². The summed E-state index contributed by atoms with van der Waals surface area (Å²) < 4.78 is 8.53. The summed E-state index contributed by atoms with van der Waals surface area (Å²) in [6.45, 7) is 4.03. The second-order valence-corrected chi connectivity index (χ2v) is 6.32. The van der Waals surface area contributed by atoms with Crippen molar-refractivity contribution < 1.29 is 9.53 Å². The molecule has 6 heteroatoms. The summed E-state index contributed by atoms with van der Waals surface area (Å²) in [7, 11) is 0. The fourth-order valence-corrected chi connectivity index (χ4v) is 2.87. The molecule has 0 spiro atoms. The summed E-state index contributed by atoms with van der Waals surface area (Å²) >= 11 is 3.41. The predicted molar refractivity (Wildman–Crippen MR) is 96.0 cm³/mol. The van der Waals surface area contributed by atoms with Crippen LogP contribution in [0, 0.1) is 6.92 Å². The van der Waals surface area contributed by atoms with E-state index in [1.807, 2.05) is 60.0 Å². The molecule has 3 aromatic rings. The minimum absolute atomic E-state index is 0.180. The van der Waals surface area contributed by atoms with E-state index >= 15 is 0 Å². The monoisotopic (exact) mass is 387 g/mol. The van der Waals surface area contributed by atoms with Crippen molar-refractivity contribution in [3.05, 3.63) is 64.7 Å². The third kappa shape index (κ3) is 3.43. The first kappa shape index (κ1) is 16.5. The Labute approximate surface area is 148 Å². The highest BCUT2D eigenvalue weighted by Gasteiger charge is 2.17. The number of nitrogens with zero attached hydrogens (tertiary/aromatic N) is 2. The van der Waals surface area contributed by atoms with Crippen LogP contribution in [0.15, 0.2) is 53.1 Å². The zero-order valence-corrected chi connectivity index (χ0v) is 15.1. The predicted octanol–water partition coefficient (Wildman–Crippen LogP) is 3.49. The Morgan fingerprint density at radius 1 is 1.29 bits per heavy atom. The lowest BCUT2D eigenvalue weighted by Gasteiger charge is -2.15. The Balaban J connectivity index is 1.65. The molecule has 0 bridgehead atoms. The number of carbonyl (C=O) groups is 1. The van der Waals surface area contributed by atoms with Crippen LogP contribution < -0.4 is 10.1 Å². The van der Waals surface area contributed by atoms with Gasteiger partial charge in [-0.05, 0) is 54.0 Å². The van der Waals surface area contributed by atoms with E-state index in [2.05, 4.69) is 26.2 Å². The minimum Gasteiger partial charge on any atom is -0.480 e. The summed E-state index contributed by atoms with van der Waals surface area (Å²) in [4.78, 5) is 16.8. The lowest BCUT2D eigenvalue weighted by Crippen LogP contribution is -2.36. The number of halogens is 1. The van der Waals surface area contributed by atoms with Gasteiger partial charge in [-0.2, -0.15) is 0 Å². The van der Waals surface area contributed by atoms with Crippen molar-refractivity contribution in [2.75, 3.05) is 0 Å². The number of fused-ring (bicyclic) bond motifs is 1. The molecule has 0 radical (unpaired) electrons. The maximum atomic E-state index is 12.3. The van der Waals surface area contributed by atoms with Crippen LogP contribution in [0.2, 0.25) is 0 Å². The average Bonchev–Trinajstić information content (AvgIpc) is 2.91. The van der Waals surface area contributed by atoms with Crippen LogP contribution in [-0.2, 0) is 11.3 Å². The van der Waals surface area contributed by atoms with Gasteiger partial charge in [0.15, 0.2) is 6.10 Å². The molecule has 0 aliphatic heterocycles. The second-order valence-electron chi connectivity index (χ2n) is 5.47. The molecule has 1 amide bonds. The Kier molecular flexibility index (Phi) is 4.85. The molecule has 1 atom stereocenters. The van der Waals surface area contributed by atoms with Gasteiger partial charge in [0.2, 0.25) is 0 Å². The summed E-state index contributed by atoms with van der Waals surface area (Å²) in [6, 6.07) is 13.4. The number of hydrogen-bond donors (Lipinski definition) is 1. The molecule has 1 aromatic carbocycles. The van der Waals surface area contributed by atoms with Crippen molar-refractivity contribution in [3.63, 3.8) is 0 Å². The molecule has 0 aliphatic carbocycles. The minimum atomic E-state index is -0.598. The number of benzene rings is 1. The normalized spacial score (nSPS) is 12.1. The van der Waals surface area contributed by atoms with Crippen LogP contribution in [-0.4, -0.2) is 21.4 Å². The molecule has 3 rings (SSSR count). The Bertz CT molecular complexity index is 876. The van der Waals surface area contributed by atoms with E-state index in [-0.39, 0.29) is 5.91 Å². The fourth-order valence-electron chi connectivity index (χ4n) is 2.50. The topological polar surface area (TPSA) is 55.6 Å². The summed E-state index contributed by atoms with van der Waals surface area (Å²) in [6.07, 6.45) is 1.36. The molecule has 1 unspecified atom stereocenters. The first-order valence-corrected chi connectivity index (χ1v) is 8.47. The third-order valence-corrected chi connectivity index (χ3v) is 4.40. The van der Waals surface area contributed by atoms with Gasteiger partial charge in [-0.15, -0.1) is 0 Å². The fraction of sp³-hybridized carbons (Fsp3) is 0.222. The number of aromatic nitrogens is 2. The van der Waals surface area contributed by atoms with Crippen molar-refractivity contribution in [1.29, 1.82) is 0 Å². The van der Waals surface area contributed by atoms with Gasteiger partial charge in [0.25, 0.3) is 5.91 Å². The molecule has 0 aliphatic rings. The van der Waals surface area contributed by atoms with Crippen LogP contribution in [0.1, 0.15) is 18.4 Å². The van der Waals surface area contributed by atoms with Gasteiger partial charge in [-0.1, -0.05) is 18.2 Å². The van der Waals surface area contributed by atoms with Crippen LogP contribution in [0.3, 0.4) is 0 Å². The Morgan fingerprint density at radius 3 is 2.83 bits per heavy atom. The Hall–Kier alpha value is -2.34. The van der Waals surface area contributed by atoms with Crippen LogP contribution in [0.25, 0.3) is 5.52 Å². The number of nitrogens with one attached hydrogen (secondary N) is 1. The molecule has 0 saturated heterocycles. The Morgan fingerprint density at radius 2 is 2.04 bits per heavy atom. The van der Waals surface area contributed by atoms with Crippen LogP contribution >= 0.6 is 15.9 Å². The van der Waals surface area contributed by atoms with Crippen molar-refractivity contribution in [3.8, 4) is 5.75 Å². The van der Waals surface area contributed by atoms with E-state index in [0.29, 0.717) is 12.3 Å². The highest BCUT2D eigenvalue weighted by Crippen LogP contribution is 2.24. The molecular formula is C18H18BrN3O2. The molecule has 2 heterocycles. The summed E-state index contributed by atoms with van der Waals surface area (Å²) in [5, 5.41) is 2.89. The van der Waals surface area contributed by atoms with E-state index in [1.165, 1.54) is 0 Å². The van der Waals surface area contributed by atoms with Gasteiger partial charge >= 0.3 is 0 Å². The van der Waals surface area contributed by atoms with E-state index in [1.54, 1.807) is 6.92 Å². The first-order valence-electron chi connectivity index (χ1n) is 7.67. The molecule has 24 heavy (non-hydrogen) atoms. The van der Waals surface area contributed by atoms with E-state index in [4.69, 9.17) is 4.74 Å². The molecule has 0 fully saturated rings. The van der Waals surface area contributed by atoms with Gasteiger partial charge in [0.05, 0.1) is 22.2 Å². The lowest BCUT2D eigenvalue weighted by molar-refractivity contribution is -0.127. The number of carbonyl (C=O) groups excluding carboxylic acids is 1. The number of pyridine rings is 1. The van der Waals surface area contributed by atoms with E-state index in [0.717, 1.165) is 21.5 Å². The van der Waals surface area contributed by atoms with Gasteiger partial charge in [0.1, 0.15) is 11.6 Å². The molecular weight excluding hydrogens is 370 g/mol. The largest absolute Gasteiger partial charge is 0.480 e. The molecule has 124 valence electrons. The zero-order chi connectivity index (χ0) is 17.1. The number of ether oxygens (including phenoxy) is 1. The number of imidazole rings is 1. The molecule has 0 saturated carbocycles. The number of amides is 1. The van der Waals surface area contributed by atoms with E-state index < -0.39 is 6.10 Å². The number of rotatable bonds is 5. The highest BCUT2D eigenvalue weighted by atomic mass is 79.9. The standard InChI is InChI=1S/C18H18BrN3O2/c1-12(24-17-9-4-3-7-14(17)19)18(23)20-11-15-16-8-5-6-10-22(16)13(2)21-15/h3-10,12H,11H2,1-2H3,(H,20,23). The number of hydrogen-bond acceptors (Lipinski definition) is 3. The van der Waals surface area contributed by atoms with Crippen molar-refractivity contribution in [2.24, 2.45) is 0 Å². The molecule has 5 nitrogen and oxygen atoms in total. The van der Waals surface area contributed by atoms with Gasteiger partial charge in [0, 0.05) is 6.20 Å². The van der Waals surface area contributed by atoms with Crippen molar-refractivity contribution in [2.45, 2.75) is 26.5 Å². The lowest BCUT2D eigenvalue weighted by atomic mass is 10.3. The highest BCUT2D eigenvalue weighted by molar-refractivity contribution is 9.10. The zero-order valence-electron chi connectivity index (χ0n) is 13.5. The van der Waals surface area contributed by atoms with Gasteiger partial charge in [-0.25, -0.2) is 4.98 Å². The van der Waals surface area contributed by atoms with Crippen molar-refractivity contribution in [1.82, 2.24) is 14.7 Å². The summed E-state index contributed by atoms with van der Waals surface area (Å²) in [5.74, 6) is 1.36. The van der Waals surface area contributed by atoms with Crippen LogP contribution in [0.4, 0.5) is 0 Å². The molecule has 2 aromatic heterocycles. The van der Waals surface area contributed by atoms with Gasteiger partial charge in [-0.3, -0.25) is 4.79 Å². The van der Waals surface area contributed by atoms with Gasteiger partial charge < -0.3 is 14.5 Å².